The van der Waals surface area contributed by atoms with Crippen LogP contribution in [0.3, 0.4) is 0 Å². The summed E-state index contributed by atoms with van der Waals surface area (Å²) < 4.78 is 101. The predicted octanol–water partition coefficient (Wildman–Crippen LogP) is -15.3. The average molecular weight is 1260 g/mol. The zero-order valence-corrected chi connectivity index (χ0v) is 45.0. The van der Waals surface area contributed by atoms with E-state index in [1.54, 1.807) is 0 Å². The molecule has 40 atom stereocenters. The Balaban J connectivity index is 0.000000179. The van der Waals surface area contributed by atoms with Crippen LogP contribution in [0, 0.1) is 0 Å². The van der Waals surface area contributed by atoms with Gasteiger partial charge in [-0.2, -0.15) is 0 Å². The van der Waals surface area contributed by atoms with Gasteiger partial charge in [0.1, 0.15) is 195 Å². The highest BCUT2D eigenvalue weighted by Crippen LogP contribution is 2.42. The highest BCUT2D eigenvalue weighted by Gasteiger charge is 2.62. The smallest absolute Gasteiger partial charge is 0.187 e. The van der Waals surface area contributed by atoms with Crippen LogP contribution < -0.4 is 0 Å². The molecule has 18 unspecified atom stereocenters. The molecule has 12 saturated heterocycles. The van der Waals surface area contributed by atoms with E-state index in [0.717, 1.165) is 0 Å². The first-order chi connectivity index (χ1) is 41.1. The molecule has 12 fully saturated rings. The SMILES string of the molecule is OC[C@H]1O[C@@H](O[C@@H]2C3COC2C(O)C(O)O3)C(O)[C@@H](O[C@@H]2OC3COC(C2O)[C@@H]3O[C@@H]2O[C@H](CO)[C@H](O)[C@H](O)[C@H]2O)C1O.OC[C@H]1O[C@@H](O[C@@H]2C3COC2C(O)C(O)O3)C(O)[C@@H](O[C@@H]2OC3COC(C2O)[C@@H]3O[C@@H]2O[C@H](CO)[C@H](O)[C@H](O)[C@H]2O)C1O. The summed E-state index contributed by atoms with van der Waals surface area (Å²) in [5, 5.41) is 205. The summed E-state index contributed by atoms with van der Waals surface area (Å²) in [6.45, 7) is -3.02. The van der Waals surface area contributed by atoms with Gasteiger partial charge >= 0.3 is 0 Å². The summed E-state index contributed by atoms with van der Waals surface area (Å²) >= 11 is 0. The van der Waals surface area contributed by atoms with Crippen molar-refractivity contribution in [1.82, 2.24) is 0 Å². The van der Waals surface area contributed by atoms with Crippen LogP contribution in [0.5, 0.6) is 0 Å². The Kier molecular flexibility index (Phi) is 20.9. The van der Waals surface area contributed by atoms with E-state index in [9.17, 15) is 102 Å². The van der Waals surface area contributed by atoms with Crippen molar-refractivity contribution in [1.29, 1.82) is 0 Å². The fourth-order valence-electron chi connectivity index (χ4n) is 12.6. The van der Waals surface area contributed by atoms with Crippen LogP contribution in [0.25, 0.3) is 0 Å². The van der Waals surface area contributed by atoms with Crippen LogP contribution in [0.4, 0.5) is 0 Å². The second kappa shape index (κ2) is 27.2. The number of fused-ring (bicyclic) bond motifs is 8. The van der Waals surface area contributed by atoms with Gasteiger partial charge in [-0.15, -0.1) is 0 Å². The number of aliphatic hydroxyl groups is 20. The second-order valence-corrected chi connectivity index (χ2v) is 22.8. The van der Waals surface area contributed by atoms with E-state index in [4.69, 9.17) is 85.3 Å². The van der Waals surface area contributed by atoms with E-state index in [1.807, 2.05) is 0 Å². The van der Waals surface area contributed by atoms with Gasteiger partial charge in [0.25, 0.3) is 0 Å². The lowest BCUT2D eigenvalue weighted by Crippen LogP contribution is -2.65. The lowest BCUT2D eigenvalue weighted by molar-refractivity contribution is -0.372. The summed E-state index contributed by atoms with van der Waals surface area (Å²) in [6.07, 6.45) is -55.0. The topological polar surface area (TPSA) is 571 Å². The largest absolute Gasteiger partial charge is 0.394 e. The monoisotopic (exact) mass is 1260 g/mol. The highest BCUT2D eigenvalue weighted by atomic mass is 16.8. The molecule has 12 heterocycles. The van der Waals surface area contributed by atoms with Crippen molar-refractivity contribution < 1.29 is 187 Å². The first-order valence-electron chi connectivity index (χ1n) is 28.0. The Hall–Kier alpha value is -1.52. The minimum atomic E-state index is -1.72. The van der Waals surface area contributed by atoms with Crippen molar-refractivity contribution in [3.63, 3.8) is 0 Å². The van der Waals surface area contributed by atoms with Crippen molar-refractivity contribution in [3.8, 4) is 0 Å². The van der Waals surface area contributed by atoms with Crippen LogP contribution in [-0.2, 0) is 85.3 Å². The summed E-state index contributed by atoms with van der Waals surface area (Å²) in [7, 11) is 0. The molecule has 0 aromatic heterocycles. The van der Waals surface area contributed by atoms with Gasteiger partial charge in [-0.1, -0.05) is 0 Å². The zero-order valence-electron chi connectivity index (χ0n) is 45.0. The zero-order chi connectivity index (χ0) is 61.5. The first kappa shape index (κ1) is 66.0. The van der Waals surface area contributed by atoms with E-state index in [-0.39, 0.29) is 26.4 Å². The van der Waals surface area contributed by atoms with Crippen molar-refractivity contribution in [2.75, 3.05) is 52.9 Å². The fourth-order valence-corrected chi connectivity index (χ4v) is 12.6. The van der Waals surface area contributed by atoms with Crippen LogP contribution in [0.1, 0.15) is 0 Å². The van der Waals surface area contributed by atoms with Gasteiger partial charge in [0.05, 0.1) is 52.9 Å². The molecule has 20 N–H and O–H groups in total. The molecule has 0 amide bonds. The summed E-state index contributed by atoms with van der Waals surface area (Å²) in [6, 6.07) is 0. The quantitative estimate of drug-likeness (QED) is 0.0682. The van der Waals surface area contributed by atoms with Gasteiger partial charge in [0.15, 0.2) is 50.3 Å². The maximum atomic E-state index is 11.1. The molecule has 12 aliphatic rings. The summed E-state index contributed by atoms with van der Waals surface area (Å²) in [4.78, 5) is 0. The number of hydrogen-bond donors (Lipinski definition) is 20. The van der Waals surface area contributed by atoms with Gasteiger partial charge < -0.3 is 187 Å². The van der Waals surface area contributed by atoms with Gasteiger partial charge in [0.2, 0.25) is 0 Å². The maximum Gasteiger partial charge on any atom is 0.187 e. The lowest BCUT2D eigenvalue weighted by Gasteiger charge is -2.47. The minimum Gasteiger partial charge on any atom is -0.394 e. The Morgan fingerprint density at radius 2 is 0.477 bits per heavy atom. The predicted molar refractivity (Wildman–Crippen MR) is 254 cm³/mol. The van der Waals surface area contributed by atoms with Crippen molar-refractivity contribution in [2.24, 2.45) is 0 Å². The number of ether oxygens (including phenoxy) is 18. The molecule has 0 saturated carbocycles. The molecule has 8 bridgehead atoms. The molecule has 0 aliphatic carbocycles. The summed E-state index contributed by atoms with van der Waals surface area (Å²) in [5.41, 5.74) is 0. The number of rotatable bonds is 16. The van der Waals surface area contributed by atoms with Crippen molar-refractivity contribution in [2.45, 2.75) is 246 Å². The molecule has 38 heteroatoms. The van der Waals surface area contributed by atoms with E-state index in [2.05, 4.69) is 0 Å². The van der Waals surface area contributed by atoms with Crippen LogP contribution >= 0.6 is 0 Å². The van der Waals surface area contributed by atoms with E-state index < -0.39 is 272 Å². The molecule has 0 aromatic carbocycles. The van der Waals surface area contributed by atoms with E-state index in [1.165, 1.54) is 0 Å². The highest BCUT2D eigenvalue weighted by molar-refractivity contribution is 5.04. The third-order valence-electron chi connectivity index (χ3n) is 17.4. The van der Waals surface area contributed by atoms with Gasteiger partial charge in [-0.25, -0.2) is 0 Å². The number of hydrogen-bond acceptors (Lipinski definition) is 38. The van der Waals surface area contributed by atoms with Crippen molar-refractivity contribution in [3.05, 3.63) is 0 Å². The van der Waals surface area contributed by atoms with Crippen LogP contribution in [0.2, 0.25) is 0 Å². The third-order valence-corrected chi connectivity index (χ3v) is 17.4. The molecule has 0 spiro atoms. The molecule has 86 heavy (non-hydrogen) atoms. The lowest BCUT2D eigenvalue weighted by atomic mass is 9.96. The molecule has 38 nitrogen and oxygen atoms in total. The second-order valence-electron chi connectivity index (χ2n) is 22.8. The minimum absolute atomic E-state index is 0.0184. The number of aliphatic hydroxyl groups excluding tert-OH is 20. The van der Waals surface area contributed by atoms with Crippen LogP contribution in [0.15, 0.2) is 0 Å². The van der Waals surface area contributed by atoms with Crippen molar-refractivity contribution >= 4 is 0 Å². The van der Waals surface area contributed by atoms with Crippen LogP contribution in [-0.4, -0.2) is 401 Å². The molecule has 0 radical (unpaired) electrons. The Morgan fingerprint density at radius 3 is 0.779 bits per heavy atom. The van der Waals surface area contributed by atoms with E-state index >= 15 is 0 Å². The van der Waals surface area contributed by atoms with Gasteiger partial charge in [-0.3, -0.25) is 0 Å². The maximum absolute atomic E-state index is 11.1. The third kappa shape index (κ3) is 12.4. The van der Waals surface area contributed by atoms with Gasteiger partial charge in [-0.05, 0) is 0 Å². The Morgan fingerprint density at radius 1 is 0.233 bits per heavy atom. The Labute approximate surface area is 485 Å². The average Bonchev–Trinajstić information content (AvgIpc) is 1.92. The summed E-state index contributed by atoms with van der Waals surface area (Å²) in [5.74, 6) is 0. The molecule has 12 rings (SSSR count). The van der Waals surface area contributed by atoms with E-state index in [0.29, 0.717) is 0 Å². The normalized spacial score (nSPS) is 56.8. The Bertz CT molecular complexity index is 2030. The fraction of sp³-hybridized carbons (Fsp3) is 1.00. The van der Waals surface area contributed by atoms with Gasteiger partial charge in [0, 0.05) is 0 Å². The molecule has 12 aliphatic heterocycles. The molecular weight excluding hydrogens is 1180 g/mol. The molecule has 0 aromatic rings. The standard InChI is InChI=1S/2C24H38O19/c2*25-1-5-9(27)11(29)12(30)22(38-5)41-17-8-4-36-20(17)15(33)24(40-8)43-18-10(28)6(2-26)39-23(14(18)32)42-16-7-3-35-19(16)13(31)21(34)37-7/h2*5-34H,1-4H2/t2*5-,6-,7?,8?,9+,10?,11+,12-,13?,14?,15?,16-,17-,18+,19?,20?,21?,22+,23+,24+/m11/s1. The molecular formula is C48H76O38. The molecule has 496 valence electrons. The first-order valence-corrected chi connectivity index (χ1v) is 28.0.